The van der Waals surface area contributed by atoms with Crippen LogP contribution in [0.1, 0.15) is 53.4 Å². The Bertz CT molecular complexity index is 222. The zero-order valence-electron chi connectivity index (χ0n) is 12.3. The predicted molar refractivity (Wildman–Crippen MR) is 77.2 cm³/mol. The van der Waals surface area contributed by atoms with Crippen molar-refractivity contribution in [1.29, 1.82) is 0 Å². The number of nitrogens with zero attached hydrogens (tertiary/aromatic N) is 1. The summed E-state index contributed by atoms with van der Waals surface area (Å²) >= 11 is 0. The highest BCUT2D eigenvalue weighted by molar-refractivity contribution is 4.97. The van der Waals surface area contributed by atoms with Crippen LogP contribution in [0.5, 0.6) is 0 Å². The molecule has 0 aromatic carbocycles. The topological polar surface area (TPSA) is 3.24 Å². The van der Waals surface area contributed by atoms with Crippen LogP contribution in [0, 0.1) is 17.8 Å². The van der Waals surface area contributed by atoms with Gasteiger partial charge in [-0.2, -0.15) is 0 Å². The average molecular weight is 237 g/mol. The Morgan fingerprint density at radius 2 is 1.76 bits per heavy atom. The third kappa shape index (κ3) is 5.72. The molecule has 0 atom stereocenters. The fraction of sp³-hybridized carbons (Fsp3) is 0.875. The van der Waals surface area contributed by atoms with Gasteiger partial charge >= 0.3 is 0 Å². The second kappa shape index (κ2) is 7.20. The Morgan fingerprint density at radius 1 is 1.18 bits per heavy atom. The Morgan fingerprint density at radius 3 is 2.24 bits per heavy atom. The molecule has 1 nitrogen and oxygen atoms in total. The van der Waals surface area contributed by atoms with Gasteiger partial charge in [-0.05, 0) is 56.5 Å². The van der Waals surface area contributed by atoms with Crippen LogP contribution in [-0.4, -0.2) is 24.5 Å². The molecule has 0 amide bonds. The second-order valence-corrected chi connectivity index (χ2v) is 6.49. The second-order valence-electron chi connectivity index (χ2n) is 6.49. The summed E-state index contributed by atoms with van der Waals surface area (Å²) in [4.78, 5) is 2.64. The number of rotatable bonds is 6. The zero-order valence-corrected chi connectivity index (χ0v) is 12.3. The fourth-order valence-corrected chi connectivity index (χ4v) is 2.65. The van der Waals surface area contributed by atoms with Gasteiger partial charge < -0.3 is 4.90 Å². The molecule has 17 heavy (non-hydrogen) atoms. The highest BCUT2D eigenvalue weighted by Crippen LogP contribution is 2.25. The number of piperidine rings is 1. The quantitative estimate of drug-likeness (QED) is 0.621. The first kappa shape index (κ1) is 14.8. The first-order valence-electron chi connectivity index (χ1n) is 7.39. The van der Waals surface area contributed by atoms with Gasteiger partial charge in [-0.25, -0.2) is 0 Å². The molecular formula is C16H31N. The van der Waals surface area contributed by atoms with Crippen molar-refractivity contribution in [2.75, 3.05) is 19.6 Å². The molecule has 0 aromatic rings. The van der Waals surface area contributed by atoms with Gasteiger partial charge in [-0.1, -0.05) is 39.8 Å². The molecule has 1 rings (SSSR count). The predicted octanol–water partition coefficient (Wildman–Crippen LogP) is 4.35. The van der Waals surface area contributed by atoms with Crippen molar-refractivity contribution >= 4 is 0 Å². The summed E-state index contributed by atoms with van der Waals surface area (Å²) in [5.41, 5.74) is 1.44. The van der Waals surface area contributed by atoms with Gasteiger partial charge in [0.2, 0.25) is 0 Å². The molecular weight excluding hydrogens is 206 g/mol. The highest BCUT2D eigenvalue weighted by Gasteiger charge is 2.19. The number of allylic oxidation sites excluding steroid dienone is 1. The average Bonchev–Trinajstić information content (AvgIpc) is 2.26. The third-order valence-electron chi connectivity index (χ3n) is 4.02. The molecule has 0 aromatic heterocycles. The maximum Gasteiger partial charge on any atom is 0.000439 e. The largest absolute Gasteiger partial charge is 0.303 e. The van der Waals surface area contributed by atoms with E-state index in [0.29, 0.717) is 5.92 Å². The first-order valence-corrected chi connectivity index (χ1v) is 7.39. The van der Waals surface area contributed by atoms with Crippen molar-refractivity contribution in [1.82, 2.24) is 4.90 Å². The van der Waals surface area contributed by atoms with Crippen LogP contribution >= 0.6 is 0 Å². The number of hydrogen-bond acceptors (Lipinski definition) is 1. The summed E-state index contributed by atoms with van der Waals surface area (Å²) in [5.74, 6) is 2.43. The summed E-state index contributed by atoms with van der Waals surface area (Å²) in [7, 11) is 0. The van der Waals surface area contributed by atoms with Gasteiger partial charge in [-0.3, -0.25) is 0 Å². The summed E-state index contributed by atoms with van der Waals surface area (Å²) in [6, 6.07) is 0. The number of likely N-dealkylation sites (tertiary alicyclic amines) is 1. The summed E-state index contributed by atoms with van der Waals surface area (Å²) in [5, 5.41) is 0. The SMILES string of the molecule is C=C(CCC1CCN(CC(C)C)CC1)C(C)C. The van der Waals surface area contributed by atoms with Crippen LogP contribution < -0.4 is 0 Å². The minimum atomic E-state index is 0.663. The number of hydrogen-bond donors (Lipinski definition) is 0. The van der Waals surface area contributed by atoms with Crippen LogP contribution in [-0.2, 0) is 0 Å². The maximum atomic E-state index is 4.18. The molecule has 0 spiro atoms. The minimum Gasteiger partial charge on any atom is -0.303 e. The van der Waals surface area contributed by atoms with Crippen molar-refractivity contribution in [3.05, 3.63) is 12.2 Å². The Labute approximate surface area is 108 Å². The lowest BCUT2D eigenvalue weighted by Crippen LogP contribution is -2.36. The fourth-order valence-electron chi connectivity index (χ4n) is 2.65. The van der Waals surface area contributed by atoms with E-state index in [1.54, 1.807) is 0 Å². The van der Waals surface area contributed by atoms with Crippen LogP contribution in [0.4, 0.5) is 0 Å². The Kier molecular flexibility index (Phi) is 6.26. The molecule has 0 unspecified atom stereocenters. The van der Waals surface area contributed by atoms with Gasteiger partial charge in [0.25, 0.3) is 0 Å². The van der Waals surface area contributed by atoms with Crippen LogP contribution in [0.3, 0.4) is 0 Å². The molecule has 0 saturated carbocycles. The van der Waals surface area contributed by atoms with E-state index in [1.807, 2.05) is 0 Å². The molecule has 0 radical (unpaired) electrons. The molecule has 1 aliphatic heterocycles. The van der Waals surface area contributed by atoms with E-state index in [4.69, 9.17) is 0 Å². The van der Waals surface area contributed by atoms with Gasteiger partial charge in [0.1, 0.15) is 0 Å². The van der Waals surface area contributed by atoms with Crippen molar-refractivity contribution in [2.24, 2.45) is 17.8 Å². The zero-order chi connectivity index (χ0) is 12.8. The van der Waals surface area contributed by atoms with Gasteiger partial charge in [0.05, 0.1) is 0 Å². The van der Waals surface area contributed by atoms with E-state index >= 15 is 0 Å². The van der Waals surface area contributed by atoms with Crippen molar-refractivity contribution in [2.45, 2.75) is 53.4 Å². The molecule has 1 heterocycles. The standard InChI is InChI=1S/C16H31N/c1-13(2)12-17-10-8-16(9-11-17)7-6-15(5)14(3)4/h13-14,16H,5-12H2,1-4H3. The first-order chi connectivity index (χ1) is 7.99. The van der Waals surface area contributed by atoms with Crippen LogP contribution in [0.25, 0.3) is 0 Å². The summed E-state index contributed by atoms with van der Waals surface area (Å²) in [6.45, 7) is 17.2. The van der Waals surface area contributed by atoms with E-state index < -0.39 is 0 Å². The van der Waals surface area contributed by atoms with Crippen molar-refractivity contribution in [3.8, 4) is 0 Å². The Hall–Kier alpha value is -0.300. The molecule has 1 aliphatic rings. The monoisotopic (exact) mass is 237 g/mol. The molecule has 1 saturated heterocycles. The van der Waals surface area contributed by atoms with E-state index in [0.717, 1.165) is 11.8 Å². The van der Waals surface area contributed by atoms with Crippen molar-refractivity contribution in [3.63, 3.8) is 0 Å². The summed E-state index contributed by atoms with van der Waals surface area (Å²) < 4.78 is 0. The summed E-state index contributed by atoms with van der Waals surface area (Å²) in [6.07, 6.45) is 5.41. The van der Waals surface area contributed by atoms with E-state index in [1.165, 1.54) is 50.9 Å². The molecule has 1 heteroatoms. The van der Waals surface area contributed by atoms with Crippen LogP contribution in [0.15, 0.2) is 12.2 Å². The van der Waals surface area contributed by atoms with E-state index in [9.17, 15) is 0 Å². The highest BCUT2D eigenvalue weighted by atomic mass is 15.1. The lowest BCUT2D eigenvalue weighted by Gasteiger charge is -2.33. The minimum absolute atomic E-state index is 0.663. The molecule has 1 fully saturated rings. The maximum absolute atomic E-state index is 4.18. The van der Waals surface area contributed by atoms with E-state index in [-0.39, 0.29) is 0 Å². The van der Waals surface area contributed by atoms with Gasteiger partial charge in [-0.15, -0.1) is 0 Å². The molecule has 100 valence electrons. The lowest BCUT2D eigenvalue weighted by atomic mass is 9.88. The van der Waals surface area contributed by atoms with Crippen LogP contribution in [0.2, 0.25) is 0 Å². The van der Waals surface area contributed by atoms with Crippen molar-refractivity contribution < 1.29 is 0 Å². The van der Waals surface area contributed by atoms with Gasteiger partial charge in [0, 0.05) is 6.54 Å². The smallest absolute Gasteiger partial charge is 0.000439 e. The molecule has 0 aliphatic carbocycles. The molecule has 0 bridgehead atoms. The Balaban J connectivity index is 2.17. The van der Waals surface area contributed by atoms with Gasteiger partial charge in [0.15, 0.2) is 0 Å². The van der Waals surface area contributed by atoms with E-state index in [2.05, 4.69) is 39.2 Å². The molecule has 0 N–H and O–H groups in total. The normalized spacial score (nSPS) is 19.2. The third-order valence-corrected chi connectivity index (χ3v) is 4.02. The lowest BCUT2D eigenvalue weighted by molar-refractivity contribution is 0.163.